The van der Waals surface area contributed by atoms with E-state index in [0.29, 0.717) is 19.5 Å². The molecule has 1 heterocycles. The Bertz CT molecular complexity index is 861. The van der Waals surface area contributed by atoms with Gasteiger partial charge in [-0.25, -0.2) is 4.99 Å². The zero-order valence-electron chi connectivity index (χ0n) is 17.8. The molecule has 1 saturated heterocycles. The zero-order chi connectivity index (χ0) is 20.6. The Morgan fingerprint density at radius 2 is 1.97 bits per heavy atom. The van der Waals surface area contributed by atoms with Crippen LogP contribution in [0.25, 0.3) is 0 Å². The van der Waals surface area contributed by atoms with Gasteiger partial charge in [-0.3, -0.25) is 4.79 Å². The van der Waals surface area contributed by atoms with E-state index in [1.54, 1.807) is 0 Å². The predicted molar refractivity (Wildman–Crippen MR) is 119 cm³/mol. The molecular formula is C24H32N4O. The highest BCUT2D eigenvalue weighted by atomic mass is 16.2. The lowest BCUT2D eigenvalue weighted by Crippen LogP contribution is -2.38. The first-order valence-electron chi connectivity index (χ1n) is 10.5. The molecule has 2 aromatic rings. The van der Waals surface area contributed by atoms with E-state index in [0.717, 1.165) is 37.6 Å². The first-order chi connectivity index (χ1) is 14.1. The quantitative estimate of drug-likeness (QED) is 0.577. The first kappa shape index (κ1) is 20.9. The summed E-state index contributed by atoms with van der Waals surface area (Å²) in [6, 6.07) is 16.9. The fourth-order valence-electron chi connectivity index (χ4n) is 3.67. The molecule has 0 bridgehead atoms. The summed E-state index contributed by atoms with van der Waals surface area (Å²) in [5, 5.41) is 3.39. The second-order valence-electron chi connectivity index (χ2n) is 7.69. The molecule has 0 aliphatic carbocycles. The Hall–Kier alpha value is -2.82. The third kappa shape index (κ3) is 5.83. The minimum Gasteiger partial charge on any atom is -0.357 e. The summed E-state index contributed by atoms with van der Waals surface area (Å²) in [6.45, 7) is 8.06. The van der Waals surface area contributed by atoms with Crippen molar-refractivity contribution in [2.45, 2.75) is 46.3 Å². The fourth-order valence-corrected chi connectivity index (χ4v) is 3.67. The van der Waals surface area contributed by atoms with Crippen LogP contribution in [-0.4, -0.2) is 41.8 Å². The van der Waals surface area contributed by atoms with E-state index in [1.165, 1.54) is 16.7 Å². The van der Waals surface area contributed by atoms with Crippen LogP contribution in [0.1, 0.15) is 42.0 Å². The van der Waals surface area contributed by atoms with Crippen LogP contribution in [0.5, 0.6) is 0 Å². The van der Waals surface area contributed by atoms with Crippen LogP contribution in [-0.2, 0) is 24.4 Å². The molecule has 0 radical (unpaired) electrons. The third-order valence-electron chi connectivity index (χ3n) is 5.31. The summed E-state index contributed by atoms with van der Waals surface area (Å²) in [6.07, 6.45) is 1.66. The number of rotatable bonds is 7. The maximum atomic E-state index is 11.9. The van der Waals surface area contributed by atoms with Gasteiger partial charge in [0.2, 0.25) is 5.91 Å². The molecule has 1 N–H and O–H groups in total. The van der Waals surface area contributed by atoms with Gasteiger partial charge in [0.15, 0.2) is 5.96 Å². The van der Waals surface area contributed by atoms with Gasteiger partial charge >= 0.3 is 0 Å². The number of hydrogen-bond acceptors (Lipinski definition) is 2. The van der Waals surface area contributed by atoms with Crippen LogP contribution in [0.15, 0.2) is 53.5 Å². The van der Waals surface area contributed by atoms with Crippen molar-refractivity contribution in [2.24, 2.45) is 4.99 Å². The average Bonchev–Trinajstić information content (AvgIpc) is 3.11. The standard InChI is InChI=1S/C24H32N4O/c1-4-25-24(27(3)18-22-12-6-5-9-19(22)2)26-16-20-10-7-11-21(15-20)17-28-14-8-13-23(28)29/h5-7,9-12,15H,4,8,13-14,16-18H2,1-3H3,(H,25,26). The number of likely N-dealkylation sites (tertiary alicyclic amines) is 1. The van der Waals surface area contributed by atoms with Crippen molar-refractivity contribution in [3.63, 3.8) is 0 Å². The van der Waals surface area contributed by atoms with Crippen LogP contribution in [0, 0.1) is 6.92 Å². The van der Waals surface area contributed by atoms with E-state index < -0.39 is 0 Å². The van der Waals surface area contributed by atoms with Crippen LogP contribution in [0.3, 0.4) is 0 Å². The lowest BCUT2D eigenvalue weighted by molar-refractivity contribution is -0.128. The van der Waals surface area contributed by atoms with Crippen LogP contribution < -0.4 is 5.32 Å². The predicted octanol–water partition coefficient (Wildman–Crippen LogP) is 3.71. The van der Waals surface area contributed by atoms with Gasteiger partial charge in [0.05, 0.1) is 6.54 Å². The van der Waals surface area contributed by atoms with Crippen LogP contribution >= 0.6 is 0 Å². The summed E-state index contributed by atoms with van der Waals surface area (Å²) in [7, 11) is 2.07. The Labute approximate surface area is 174 Å². The van der Waals surface area contributed by atoms with Gasteiger partial charge in [-0.1, -0.05) is 48.5 Å². The SMILES string of the molecule is CCNC(=NCc1cccc(CN2CCCC2=O)c1)N(C)Cc1ccccc1C. The van der Waals surface area contributed by atoms with Crippen LogP contribution in [0.2, 0.25) is 0 Å². The number of aryl methyl sites for hydroxylation is 1. The third-order valence-corrected chi connectivity index (χ3v) is 5.31. The minimum atomic E-state index is 0.265. The van der Waals surface area contributed by atoms with Gasteiger partial charge < -0.3 is 15.1 Å². The molecule has 29 heavy (non-hydrogen) atoms. The lowest BCUT2D eigenvalue weighted by Gasteiger charge is -2.23. The first-order valence-corrected chi connectivity index (χ1v) is 10.5. The lowest BCUT2D eigenvalue weighted by atomic mass is 10.1. The van der Waals surface area contributed by atoms with Crippen molar-refractivity contribution in [1.29, 1.82) is 0 Å². The van der Waals surface area contributed by atoms with Crippen molar-refractivity contribution in [3.8, 4) is 0 Å². The highest BCUT2D eigenvalue weighted by Gasteiger charge is 2.19. The molecule has 0 saturated carbocycles. The number of hydrogen-bond donors (Lipinski definition) is 1. The van der Waals surface area contributed by atoms with Gasteiger partial charge in [-0.2, -0.15) is 0 Å². The average molecular weight is 393 g/mol. The second kappa shape index (κ2) is 10.1. The Morgan fingerprint density at radius 1 is 1.17 bits per heavy atom. The number of carbonyl (C=O) groups is 1. The van der Waals surface area contributed by atoms with Crippen molar-refractivity contribution in [1.82, 2.24) is 15.1 Å². The molecule has 2 aromatic carbocycles. The molecule has 0 unspecified atom stereocenters. The highest BCUT2D eigenvalue weighted by molar-refractivity contribution is 5.79. The largest absolute Gasteiger partial charge is 0.357 e. The molecule has 0 spiro atoms. The van der Waals surface area contributed by atoms with E-state index in [1.807, 2.05) is 4.90 Å². The van der Waals surface area contributed by atoms with Crippen molar-refractivity contribution in [2.75, 3.05) is 20.1 Å². The van der Waals surface area contributed by atoms with Gasteiger partial charge in [0, 0.05) is 39.6 Å². The zero-order valence-corrected chi connectivity index (χ0v) is 17.8. The summed E-state index contributed by atoms with van der Waals surface area (Å²) in [5.74, 6) is 1.16. The van der Waals surface area contributed by atoms with E-state index in [-0.39, 0.29) is 5.91 Å². The number of nitrogens with zero attached hydrogens (tertiary/aromatic N) is 3. The normalized spacial score (nSPS) is 14.4. The van der Waals surface area contributed by atoms with Gasteiger partial charge in [-0.15, -0.1) is 0 Å². The molecule has 0 aromatic heterocycles. The van der Waals surface area contributed by atoms with Crippen molar-refractivity contribution in [3.05, 3.63) is 70.8 Å². The molecule has 1 aliphatic rings. The molecular weight excluding hydrogens is 360 g/mol. The summed E-state index contributed by atoms with van der Waals surface area (Å²) in [4.78, 5) is 20.9. The molecule has 154 valence electrons. The molecule has 3 rings (SSSR count). The van der Waals surface area contributed by atoms with Gasteiger partial charge in [0.1, 0.15) is 0 Å². The molecule has 5 heteroatoms. The van der Waals surface area contributed by atoms with Gasteiger partial charge in [0.25, 0.3) is 0 Å². The number of benzene rings is 2. The number of guanidine groups is 1. The monoisotopic (exact) mass is 392 g/mol. The molecule has 1 amide bonds. The minimum absolute atomic E-state index is 0.265. The molecule has 5 nitrogen and oxygen atoms in total. The molecule has 1 fully saturated rings. The van der Waals surface area contributed by atoms with Crippen LogP contribution in [0.4, 0.5) is 0 Å². The summed E-state index contributed by atoms with van der Waals surface area (Å²) >= 11 is 0. The Kier molecular flexibility index (Phi) is 7.28. The van der Waals surface area contributed by atoms with E-state index in [4.69, 9.17) is 4.99 Å². The fraction of sp³-hybridized carbons (Fsp3) is 0.417. The van der Waals surface area contributed by atoms with E-state index in [9.17, 15) is 4.79 Å². The second-order valence-corrected chi connectivity index (χ2v) is 7.69. The highest BCUT2D eigenvalue weighted by Crippen LogP contribution is 2.16. The topological polar surface area (TPSA) is 47.9 Å². The summed E-state index contributed by atoms with van der Waals surface area (Å²) < 4.78 is 0. The Balaban J connectivity index is 1.67. The smallest absolute Gasteiger partial charge is 0.222 e. The maximum Gasteiger partial charge on any atom is 0.222 e. The summed E-state index contributed by atoms with van der Waals surface area (Å²) in [5.41, 5.74) is 4.93. The number of carbonyl (C=O) groups excluding carboxylic acids is 1. The van der Waals surface area contributed by atoms with Crippen molar-refractivity contribution >= 4 is 11.9 Å². The molecule has 0 atom stereocenters. The van der Waals surface area contributed by atoms with Gasteiger partial charge in [-0.05, 0) is 42.5 Å². The van der Waals surface area contributed by atoms with E-state index in [2.05, 4.69) is 79.6 Å². The van der Waals surface area contributed by atoms with E-state index >= 15 is 0 Å². The molecule has 1 aliphatic heterocycles. The number of aliphatic imine (C=N–C) groups is 1. The Morgan fingerprint density at radius 3 is 2.69 bits per heavy atom. The number of amides is 1. The maximum absolute atomic E-state index is 11.9. The number of nitrogens with one attached hydrogen (secondary N) is 1. The van der Waals surface area contributed by atoms with Crippen molar-refractivity contribution < 1.29 is 4.79 Å².